The van der Waals surface area contributed by atoms with Gasteiger partial charge in [0.05, 0.1) is 5.92 Å². The maximum absolute atomic E-state index is 11.6. The van der Waals surface area contributed by atoms with Crippen LogP contribution < -0.4 is 0 Å². The Morgan fingerprint density at radius 1 is 1.44 bits per heavy atom. The van der Waals surface area contributed by atoms with Gasteiger partial charge in [-0.2, -0.15) is 13.2 Å². The van der Waals surface area contributed by atoms with E-state index in [2.05, 4.69) is 6.58 Å². The molecule has 0 aromatic rings. The molecule has 1 saturated carbocycles. The minimum Gasteiger partial charge on any atom is -0.171 e. The van der Waals surface area contributed by atoms with E-state index < -0.39 is 12.1 Å². The van der Waals surface area contributed by atoms with Crippen LogP contribution in [0.1, 0.15) is 6.42 Å². The molecule has 0 spiro atoms. The van der Waals surface area contributed by atoms with Crippen LogP contribution >= 0.6 is 0 Å². The zero-order valence-corrected chi connectivity index (χ0v) is 4.78. The van der Waals surface area contributed by atoms with Crippen molar-refractivity contribution in [3.63, 3.8) is 0 Å². The van der Waals surface area contributed by atoms with E-state index in [1.807, 2.05) is 0 Å². The molecule has 0 aliphatic heterocycles. The summed E-state index contributed by atoms with van der Waals surface area (Å²) in [7, 11) is 0. The highest BCUT2D eigenvalue weighted by Crippen LogP contribution is 2.50. The monoisotopic (exact) mass is 136 g/mol. The first-order chi connectivity index (χ1) is 4.05. The number of rotatable bonds is 1. The molecule has 0 heterocycles. The van der Waals surface area contributed by atoms with Gasteiger partial charge in [0.15, 0.2) is 0 Å². The predicted molar refractivity (Wildman–Crippen MR) is 27.8 cm³/mol. The number of hydrogen-bond donors (Lipinski definition) is 0. The van der Waals surface area contributed by atoms with Crippen molar-refractivity contribution >= 4 is 0 Å². The maximum Gasteiger partial charge on any atom is 0.392 e. The number of hydrogen-bond acceptors (Lipinski definition) is 0. The summed E-state index contributed by atoms with van der Waals surface area (Å²) in [5.41, 5.74) is 0. The van der Waals surface area contributed by atoms with Crippen molar-refractivity contribution in [1.82, 2.24) is 0 Å². The normalized spacial score (nSPS) is 34.1. The largest absolute Gasteiger partial charge is 0.392 e. The quantitative estimate of drug-likeness (QED) is 0.485. The maximum atomic E-state index is 11.6. The highest BCUT2D eigenvalue weighted by Gasteiger charge is 2.54. The molecule has 0 saturated heterocycles. The van der Waals surface area contributed by atoms with Crippen molar-refractivity contribution in [2.45, 2.75) is 12.6 Å². The Kier molecular flexibility index (Phi) is 1.30. The SMILES string of the molecule is C=C[C@H]1C[C@H]1C(F)(F)F. The van der Waals surface area contributed by atoms with Crippen LogP contribution in [0.2, 0.25) is 0 Å². The molecule has 0 N–H and O–H groups in total. The zero-order chi connectivity index (χ0) is 7.07. The van der Waals surface area contributed by atoms with Crippen LogP contribution in [-0.4, -0.2) is 6.18 Å². The van der Waals surface area contributed by atoms with Crippen LogP contribution in [-0.2, 0) is 0 Å². The van der Waals surface area contributed by atoms with Gasteiger partial charge < -0.3 is 0 Å². The molecule has 1 fully saturated rings. The van der Waals surface area contributed by atoms with Crippen molar-refractivity contribution in [2.75, 3.05) is 0 Å². The molecule has 0 amide bonds. The third kappa shape index (κ3) is 1.26. The molecule has 52 valence electrons. The fourth-order valence-electron chi connectivity index (χ4n) is 0.852. The molecule has 1 aliphatic rings. The second-order valence-electron chi connectivity index (χ2n) is 2.28. The molecule has 9 heavy (non-hydrogen) atoms. The second kappa shape index (κ2) is 1.75. The van der Waals surface area contributed by atoms with E-state index in [9.17, 15) is 13.2 Å². The average molecular weight is 136 g/mol. The molecule has 1 aliphatic carbocycles. The van der Waals surface area contributed by atoms with E-state index in [1.54, 1.807) is 0 Å². The summed E-state index contributed by atoms with van der Waals surface area (Å²) in [5, 5.41) is 0. The molecule has 2 atom stereocenters. The summed E-state index contributed by atoms with van der Waals surface area (Å²) in [6.45, 7) is 3.29. The average Bonchev–Trinajstić information content (AvgIpc) is 2.39. The van der Waals surface area contributed by atoms with Gasteiger partial charge in [-0.25, -0.2) is 0 Å². The van der Waals surface area contributed by atoms with E-state index in [0.29, 0.717) is 0 Å². The van der Waals surface area contributed by atoms with Crippen LogP contribution in [0.25, 0.3) is 0 Å². The van der Waals surface area contributed by atoms with E-state index in [4.69, 9.17) is 0 Å². The standard InChI is InChI=1S/C6H7F3/c1-2-4-3-5(4)6(7,8)9/h2,4-5H,1,3H2/t4-,5+/m0/s1. The summed E-state index contributed by atoms with van der Waals surface area (Å²) in [6, 6.07) is 0. The highest BCUT2D eigenvalue weighted by molar-refractivity contribution is 5.01. The van der Waals surface area contributed by atoms with Gasteiger partial charge in [0.25, 0.3) is 0 Å². The summed E-state index contributed by atoms with van der Waals surface area (Å²) >= 11 is 0. The lowest BCUT2D eigenvalue weighted by Gasteiger charge is -2.01. The topological polar surface area (TPSA) is 0 Å². The number of allylic oxidation sites excluding steroid dienone is 1. The Balaban J connectivity index is 2.42. The first kappa shape index (κ1) is 6.65. The lowest BCUT2D eigenvalue weighted by molar-refractivity contribution is -0.149. The lowest BCUT2D eigenvalue weighted by Crippen LogP contribution is -2.11. The van der Waals surface area contributed by atoms with E-state index >= 15 is 0 Å². The van der Waals surface area contributed by atoms with E-state index in [1.165, 1.54) is 6.08 Å². The van der Waals surface area contributed by atoms with Gasteiger partial charge in [-0.15, -0.1) is 6.58 Å². The number of halogens is 3. The first-order valence-electron chi connectivity index (χ1n) is 2.75. The minimum absolute atomic E-state index is 0.243. The third-order valence-corrected chi connectivity index (χ3v) is 1.56. The predicted octanol–water partition coefficient (Wildman–Crippen LogP) is 2.37. The Morgan fingerprint density at radius 3 is 2.11 bits per heavy atom. The molecule has 0 aromatic carbocycles. The van der Waals surface area contributed by atoms with Gasteiger partial charge in [0.1, 0.15) is 0 Å². The van der Waals surface area contributed by atoms with Crippen molar-refractivity contribution in [1.29, 1.82) is 0 Å². The lowest BCUT2D eigenvalue weighted by atomic mass is 10.3. The molecule has 1 rings (SSSR count). The van der Waals surface area contributed by atoms with Crippen molar-refractivity contribution in [2.24, 2.45) is 11.8 Å². The highest BCUT2D eigenvalue weighted by atomic mass is 19.4. The minimum atomic E-state index is -3.99. The van der Waals surface area contributed by atoms with Crippen molar-refractivity contribution in [3.05, 3.63) is 12.7 Å². The Morgan fingerprint density at radius 2 is 2.00 bits per heavy atom. The molecule has 0 unspecified atom stereocenters. The van der Waals surface area contributed by atoms with Crippen LogP contribution in [0, 0.1) is 11.8 Å². The third-order valence-electron chi connectivity index (χ3n) is 1.56. The fourth-order valence-corrected chi connectivity index (χ4v) is 0.852. The van der Waals surface area contributed by atoms with Crippen LogP contribution in [0.3, 0.4) is 0 Å². The molecular weight excluding hydrogens is 129 g/mol. The first-order valence-corrected chi connectivity index (χ1v) is 2.75. The van der Waals surface area contributed by atoms with Crippen molar-refractivity contribution < 1.29 is 13.2 Å². The Labute approximate surface area is 51.4 Å². The summed E-state index contributed by atoms with van der Waals surface area (Å²) < 4.78 is 34.9. The molecule has 0 radical (unpaired) electrons. The van der Waals surface area contributed by atoms with E-state index in [-0.39, 0.29) is 12.3 Å². The van der Waals surface area contributed by atoms with Gasteiger partial charge >= 0.3 is 6.18 Å². The second-order valence-corrected chi connectivity index (χ2v) is 2.28. The fraction of sp³-hybridized carbons (Fsp3) is 0.667. The van der Waals surface area contributed by atoms with Gasteiger partial charge in [0, 0.05) is 0 Å². The van der Waals surface area contributed by atoms with Gasteiger partial charge in [-0.3, -0.25) is 0 Å². The van der Waals surface area contributed by atoms with Crippen LogP contribution in [0.15, 0.2) is 12.7 Å². The van der Waals surface area contributed by atoms with E-state index in [0.717, 1.165) is 0 Å². The van der Waals surface area contributed by atoms with Gasteiger partial charge in [0.2, 0.25) is 0 Å². The Hall–Kier alpha value is -0.470. The van der Waals surface area contributed by atoms with Gasteiger partial charge in [-0.05, 0) is 12.3 Å². The van der Waals surface area contributed by atoms with Crippen LogP contribution in [0.4, 0.5) is 13.2 Å². The van der Waals surface area contributed by atoms with Crippen molar-refractivity contribution in [3.8, 4) is 0 Å². The zero-order valence-electron chi connectivity index (χ0n) is 4.78. The molecule has 0 bridgehead atoms. The summed E-state index contributed by atoms with van der Waals surface area (Å²) in [6.07, 6.45) is -2.37. The smallest absolute Gasteiger partial charge is 0.171 e. The molecule has 0 aromatic heterocycles. The molecule has 0 nitrogen and oxygen atoms in total. The van der Waals surface area contributed by atoms with Gasteiger partial charge in [-0.1, -0.05) is 6.08 Å². The molecular formula is C6H7F3. The summed E-state index contributed by atoms with van der Waals surface area (Å²) in [5.74, 6) is -1.39. The summed E-state index contributed by atoms with van der Waals surface area (Å²) in [4.78, 5) is 0. The number of alkyl halides is 3. The molecule has 3 heteroatoms. The van der Waals surface area contributed by atoms with Crippen LogP contribution in [0.5, 0.6) is 0 Å². The Bertz CT molecular complexity index is 125.